The zero-order valence-electron chi connectivity index (χ0n) is 26.4. The van der Waals surface area contributed by atoms with Crippen LogP contribution >= 0.6 is 21.9 Å². The minimum Gasteiger partial charge on any atom is -0.459 e. The highest BCUT2D eigenvalue weighted by atomic mass is 33.1. The molecule has 0 aliphatic heterocycles. The molecule has 0 aromatic rings. The number of rotatable bonds is 25. The van der Waals surface area contributed by atoms with Crippen molar-refractivity contribution in [1.82, 2.24) is 0 Å². The number of esters is 1. The Kier molecular flexibility index (Phi) is 21.2. The third-order valence-corrected chi connectivity index (χ3v) is 10.0. The van der Waals surface area contributed by atoms with E-state index in [9.17, 15) is 9.59 Å². The fraction of sp³-hybridized carbons (Fsp3) is 0.938. The summed E-state index contributed by atoms with van der Waals surface area (Å²) in [6.45, 7) is 17.3. The first kappa shape index (κ1) is 37.6. The SMILES string of the molecule is CCCCCCCC(C)(CCCCC)OC(=O)CSSOC(=O)C(C)(C)C(C)(CCCC)CCCCCC. The van der Waals surface area contributed by atoms with Gasteiger partial charge in [0.15, 0.2) is 0 Å². The first-order valence-electron chi connectivity index (χ1n) is 15.7. The van der Waals surface area contributed by atoms with Crippen LogP contribution in [0.3, 0.4) is 0 Å². The van der Waals surface area contributed by atoms with Crippen LogP contribution in [0.1, 0.15) is 171 Å². The fourth-order valence-electron chi connectivity index (χ4n) is 5.12. The predicted octanol–water partition coefficient (Wildman–Crippen LogP) is 11.3. The second-order valence-corrected chi connectivity index (χ2v) is 14.3. The van der Waals surface area contributed by atoms with Crippen LogP contribution in [0.2, 0.25) is 0 Å². The number of hydrogen-bond acceptors (Lipinski definition) is 6. The highest BCUT2D eigenvalue weighted by Crippen LogP contribution is 2.48. The molecule has 0 amide bonds. The molecule has 4 nitrogen and oxygen atoms in total. The highest BCUT2D eigenvalue weighted by molar-refractivity contribution is 8.75. The van der Waals surface area contributed by atoms with E-state index < -0.39 is 11.0 Å². The van der Waals surface area contributed by atoms with Gasteiger partial charge >= 0.3 is 11.9 Å². The van der Waals surface area contributed by atoms with Gasteiger partial charge in [-0.05, 0) is 75.5 Å². The quantitative estimate of drug-likeness (QED) is 0.0468. The van der Waals surface area contributed by atoms with E-state index in [0.717, 1.165) is 81.7 Å². The fourth-order valence-corrected chi connectivity index (χ4v) is 6.40. The van der Waals surface area contributed by atoms with Gasteiger partial charge in [0.25, 0.3) is 0 Å². The Bertz CT molecular complexity index is 625. The first-order valence-corrected chi connectivity index (χ1v) is 18.0. The Morgan fingerprint density at radius 1 is 0.605 bits per heavy atom. The van der Waals surface area contributed by atoms with Gasteiger partial charge in [0.1, 0.15) is 22.4 Å². The van der Waals surface area contributed by atoms with E-state index in [-0.39, 0.29) is 23.1 Å². The van der Waals surface area contributed by atoms with E-state index >= 15 is 0 Å². The van der Waals surface area contributed by atoms with Crippen molar-refractivity contribution in [2.24, 2.45) is 10.8 Å². The van der Waals surface area contributed by atoms with Gasteiger partial charge < -0.3 is 8.92 Å². The van der Waals surface area contributed by atoms with E-state index in [2.05, 4.69) is 41.5 Å². The molecule has 38 heavy (non-hydrogen) atoms. The van der Waals surface area contributed by atoms with E-state index in [1.807, 2.05) is 13.8 Å². The zero-order valence-corrected chi connectivity index (χ0v) is 28.0. The summed E-state index contributed by atoms with van der Waals surface area (Å²) in [6, 6.07) is 0. The molecule has 0 spiro atoms. The van der Waals surface area contributed by atoms with Crippen LogP contribution in [0, 0.1) is 10.8 Å². The largest absolute Gasteiger partial charge is 0.459 e. The summed E-state index contributed by atoms with van der Waals surface area (Å²) < 4.78 is 11.7. The lowest BCUT2D eigenvalue weighted by Gasteiger charge is -2.42. The van der Waals surface area contributed by atoms with Crippen molar-refractivity contribution in [3.8, 4) is 0 Å². The van der Waals surface area contributed by atoms with Crippen molar-refractivity contribution in [1.29, 1.82) is 0 Å². The van der Waals surface area contributed by atoms with Gasteiger partial charge in [-0.3, -0.25) is 9.59 Å². The molecule has 0 bridgehead atoms. The minimum absolute atomic E-state index is 0.102. The lowest BCUT2D eigenvalue weighted by atomic mass is 9.61. The Morgan fingerprint density at radius 2 is 1.05 bits per heavy atom. The van der Waals surface area contributed by atoms with Crippen molar-refractivity contribution in [2.45, 2.75) is 177 Å². The second-order valence-electron chi connectivity index (χ2n) is 12.3. The van der Waals surface area contributed by atoms with Crippen molar-refractivity contribution >= 4 is 33.8 Å². The number of carbonyl (C=O) groups is 2. The normalized spacial score (nSPS) is 15.1. The molecule has 226 valence electrons. The molecule has 6 heteroatoms. The minimum atomic E-state index is -0.585. The van der Waals surface area contributed by atoms with Crippen molar-refractivity contribution < 1.29 is 18.5 Å². The van der Waals surface area contributed by atoms with Crippen molar-refractivity contribution in [2.75, 3.05) is 5.75 Å². The van der Waals surface area contributed by atoms with Crippen LogP contribution in [-0.2, 0) is 18.5 Å². The molecule has 0 N–H and O–H groups in total. The summed E-state index contributed by atoms with van der Waals surface area (Å²) in [7, 11) is 1.26. The molecule has 0 rings (SSSR count). The number of ether oxygens (including phenoxy) is 1. The van der Waals surface area contributed by atoms with Gasteiger partial charge in [-0.2, -0.15) is 0 Å². The van der Waals surface area contributed by atoms with Crippen molar-refractivity contribution in [3.63, 3.8) is 0 Å². The lowest BCUT2D eigenvalue weighted by molar-refractivity contribution is -0.156. The van der Waals surface area contributed by atoms with Crippen LogP contribution in [0.25, 0.3) is 0 Å². The van der Waals surface area contributed by atoms with E-state index in [0.29, 0.717) is 0 Å². The molecule has 0 aliphatic carbocycles. The Balaban J connectivity index is 4.82. The van der Waals surface area contributed by atoms with Gasteiger partial charge in [-0.1, -0.05) is 112 Å². The smallest absolute Gasteiger partial charge is 0.324 e. The summed E-state index contributed by atoms with van der Waals surface area (Å²) in [4.78, 5) is 25.9. The molecule has 2 unspecified atom stereocenters. The third kappa shape index (κ3) is 15.4. The summed E-state index contributed by atoms with van der Waals surface area (Å²) >= 11 is 1.03. The predicted molar refractivity (Wildman–Crippen MR) is 168 cm³/mol. The highest BCUT2D eigenvalue weighted by Gasteiger charge is 2.47. The molecule has 0 saturated carbocycles. The topological polar surface area (TPSA) is 52.6 Å². The van der Waals surface area contributed by atoms with Gasteiger partial charge in [0.2, 0.25) is 0 Å². The first-order chi connectivity index (χ1) is 18.0. The third-order valence-electron chi connectivity index (χ3n) is 8.50. The molecule has 0 aromatic carbocycles. The zero-order chi connectivity index (χ0) is 28.9. The molecule has 0 aromatic heterocycles. The standard InChI is InChI=1S/C32H62O4S2/c1-9-13-17-19-22-26-32(8,25-20-15-11-3)35-28(33)27-37-38-36-29(34)30(5,6)31(7,23-16-12-4)24-21-18-14-10-2/h9-27H2,1-8H3. The summed E-state index contributed by atoms with van der Waals surface area (Å²) in [5, 5.41) is 0. The molecular weight excluding hydrogens is 512 g/mol. The lowest BCUT2D eigenvalue weighted by Crippen LogP contribution is -2.42. The molecule has 0 aliphatic rings. The van der Waals surface area contributed by atoms with Crippen LogP contribution in [0.5, 0.6) is 0 Å². The van der Waals surface area contributed by atoms with Gasteiger partial charge in [0.05, 0.1) is 5.41 Å². The molecular formula is C32H62O4S2. The Labute approximate surface area is 244 Å². The molecule has 2 atom stereocenters. The van der Waals surface area contributed by atoms with Crippen molar-refractivity contribution in [3.05, 3.63) is 0 Å². The van der Waals surface area contributed by atoms with E-state index in [4.69, 9.17) is 8.92 Å². The molecule has 0 radical (unpaired) electrons. The number of hydrogen-bond donors (Lipinski definition) is 0. The summed E-state index contributed by atoms with van der Waals surface area (Å²) in [6.07, 6.45) is 20.4. The van der Waals surface area contributed by atoms with E-state index in [1.54, 1.807) is 0 Å². The molecule has 0 heterocycles. The van der Waals surface area contributed by atoms with Crippen LogP contribution < -0.4 is 0 Å². The van der Waals surface area contributed by atoms with Gasteiger partial charge in [-0.25, -0.2) is 0 Å². The molecule has 0 saturated heterocycles. The maximum absolute atomic E-state index is 13.2. The van der Waals surface area contributed by atoms with Gasteiger partial charge in [0, 0.05) is 0 Å². The number of unbranched alkanes of at least 4 members (excludes halogenated alkanes) is 10. The Hall–Kier alpha value is -0.360. The second kappa shape index (κ2) is 21.4. The molecule has 0 fully saturated rings. The van der Waals surface area contributed by atoms with Crippen LogP contribution in [0.15, 0.2) is 0 Å². The maximum Gasteiger partial charge on any atom is 0.324 e. The summed E-state index contributed by atoms with van der Waals surface area (Å²) in [5.74, 6) is -0.218. The van der Waals surface area contributed by atoms with E-state index in [1.165, 1.54) is 55.7 Å². The van der Waals surface area contributed by atoms with Crippen LogP contribution in [-0.4, -0.2) is 23.3 Å². The maximum atomic E-state index is 13.2. The average Bonchev–Trinajstić information content (AvgIpc) is 2.87. The average molecular weight is 575 g/mol. The van der Waals surface area contributed by atoms with Crippen LogP contribution in [0.4, 0.5) is 0 Å². The number of carbonyl (C=O) groups excluding carboxylic acids is 2. The summed E-state index contributed by atoms with van der Waals surface area (Å²) in [5.41, 5.74) is -1.09. The Morgan fingerprint density at radius 3 is 1.63 bits per heavy atom. The monoisotopic (exact) mass is 574 g/mol. The van der Waals surface area contributed by atoms with Gasteiger partial charge in [-0.15, -0.1) is 0 Å².